The second kappa shape index (κ2) is 19.1. The summed E-state index contributed by atoms with van der Waals surface area (Å²) in [7, 11) is 5.26. The monoisotopic (exact) mass is 638 g/mol. The average Bonchev–Trinajstić information content (AvgIpc) is 3.04. The minimum atomic E-state index is -0.751. The summed E-state index contributed by atoms with van der Waals surface area (Å²) in [4.78, 5) is 52.4. The highest BCUT2D eigenvalue weighted by atomic mass is 19.1. The van der Waals surface area contributed by atoms with Crippen molar-refractivity contribution in [3.8, 4) is 5.75 Å². The van der Waals surface area contributed by atoms with Gasteiger partial charge in [-0.05, 0) is 62.2 Å². The van der Waals surface area contributed by atoms with Crippen LogP contribution in [0.2, 0.25) is 0 Å². The van der Waals surface area contributed by atoms with Crippen LogP contribution in [0.5, 0.6) is 5.75 Å². The Hall–Kier alpha value is -4.55. The third-order valence-electron chi connectivity index (χ3n) is 7.60. The van der Waals surface area contributed by atoms with Gasteiger partial charge in [-0.1, -0.05) is 49.6 Å². The molecular weight excluding hydrogens is 591 g/mol. The molecule has 2 aliphatic rings. The van der Waals surface area contributed by atoms with E-state index in [2.05, 4.69) is 35.9 Å². The van der Waals surface area contributed by atoms with Crippen molar-refractivity contribution >= 4 is 24.1 Å². The fourth-order valence-corrected chi connectivity index (χ4v) is 5.20. The van der Waals surface area contributed by atoms with Crippen molar-refractivity contribution in [2.45, 2.75) is 51.5 Å². The van der Waals surface area contributed by atoms with Gasteiger partial charge in [0, 0.05) is 27.1 Å². The Labute approximate surface area is 271 Å². The third kappa shape index (κ3) is 10.5. The summed E-state index contributed by atoms with van der Waals surface area (Å²) in [5, 5.41) is 8.75. The van der Waals surface area contributed by atoms with E-state index in [1.165, 1.54) is 34.5 Å². The van der Waals surface area contributed by atoms with Crippen LogP contribution in [0.25, 0.3) is 0 Å². The number of ether oxygens (including phenoxy) is 1. The highest BCUT2D eigenvalue weighted by Crippen LogP contribution is 2.32. The van der Waals surface area contributed by atoms with Crippen LogP contribution in [0.15, 0.2) is 73.8 Å². The Balaban J connectivity index is 0.000000405. The summed E-state index contributed by atoms with van der Waals surface area (Å²) in [6.07, 6.45) is 4.16. The van der Waals surface area contributed by atoms with Gasteiger partial charge in [-0.25, -0.2) is 9.40 Å². The number of piperazine rings is 1. The second-order valence-corrected chi connectivity index (χ2v) is 10.8. The van der Waals surface area contributed by atoms with Gasteiger partial charge in [-0.2, -0.15) is 0 Å². The predicted octanol–water partition coefficient (Wildman–Crippen LogP) is 3.26. The average molecular weight is 639 g/mol. The number of fused-ring (bicyclic) bond motifs is 1. The van der Waals surface area contributed by atoms with Crippen molar-refractivity contribution in [3.05, 3.63) is 90.8 Å². The van der Waals surface area contributed by atoms with Gasteiger partial charge in [-0.3, -0.25) is 24.2 Å². The fourth-order valence-electron chi connectivity index (χ4n) is 5.20. The molecule has 2 aromatic rings. The molecule has 0 bridgehead atoms. The predicted molar refractivity (Wildman–Crippen MR) is 176 cm³/mol. The van der Waals surface area contributed by atoms with E-state index in [9.17, 15) is 23.6 Å². The number of hydrogen-bond acceptors (Lipinski definition) is 7. The van der Waals surface area contributed by atoms with Crippen molar-refractivity contribution < 1.29 is 28.3 Å². The third-order valence-corrected chi connectivity index (χ3v) is 7.60. The van der Waals surface area contributed by atoms with E-state index < -0.39 is 12.2 Å². The van der Waals surface area contributed by atoms with Crippen LogP contribution in [-0.2, 0) is 25.7 Å². The number of hydrazine groups is 1. The van der Waals surface area contributed by atoms with Crippen LogP contribution >= 0.6 is 0 Å². The second-order valence-electron chi connectivity index (χ2n) is 10.8. The zero-order chi connectivity index (χ0) is 34.2. The van der Waals surface area contributed by atoms with E-state index in [0.717, 1.165) is 17.9 Å². The van der Waals surface area contributed by atoms with E-state index in [1.54, 1.807) is 48.4 Å². The number of nitrogens with zero attached hydrogens (tertiary/aromatic N) is 4. The summed E-state index contributed by atoms with van der Waals surface area (Å²) in [5.41, 5.74) is 2.03. The molecule has 4 rings (SSSR count). The van der Waals surface area contributed by atoms with Gasteiger partial charge < -0.3 is 25.2 Å². The summed E-state index contributed by atoms with van der Waals surface area (Å²) in [6, 6.07) is 12.8. The topological polar surface area (TPSA) is 115 Å². The maximum atomic E-state index is 13.5. The number of methoxy groups -OCH3 is 1. The van der Waals surface area contributed by atoms with E-state index in [1.807, 2.05) is 26.1 Å². The number of carbonyl (C=O) groups is 4. The lowest BCUT2D eigenvalue weighted by Crippen LogP contribution is -2.74. The maximum Gasteiger partial charge on any atom is 0.246 e. The molecule has 2 unspecified atom stereocenters. The van der Waals surface area contributed by atoms with Crippen molar-refractivity contribution in [1.82, 2.24) is 30.5 Å². The van der Waals surface area contributed by atoms with Crippen LogP contribution in [-0.4, -0.2) is 97.0 Å². The van der Waals surface area contributed by atoms with Crippen molar-refractivity contribution in [2.75, 3.05) is 40.8 Å². The normalized spacial score (nSPS) is 18.2. The van der Waals surface area contributed by atoms with E-state index in [0.29, 0.717) is 25.8 Å². The molecule has 2 saturated heterocycles. The first-order valence-electron chi connectivity index (χ1n) is 15.1. The lowest BCUT2D eigenvalue weighted by Gasteiger charge is -2.54. The lowest BCUT2D eigenvalue weighted by atomic mass is 9.98. The number of rotatable bonds is 11. The van der Waals surface area contributed by atoms with Crippen molar-refractivity contribution in [2.24, 2.45) is 0 Å². The van der Waals surface area contributed by atoms with Crippen LogP contribution in [0, 0.1) is 5.82 Å². The smallest absolute Gasteiger partial charge is 0.246 e. The van der Waals surface area contributed by atoms with Crippen molar-refractivity contribution in [3.63, 3.8) is 0 Å². The van der Waals surface area contributed by atoms with Crippen LogP contribution in [0.3, 0.4) is 0 Å². The number of halogens is 1. The molecule has 2 aliphatic heterocycles. The van der Waals surface area contributed by atoms with Gasteiger partial charge in [0.2, 0.25) is 24.1 Å². The first-order valence-corrected chi connectivity index (χ1v) is 15.1. The van der Waals surface area contributed by atoms with Gasteiger partial charge in [0.15, 0.2) is 0 Å². The highest BCUT2D eigenvalue weighted by Gasteiger charge is 2.49. The largest absolute Gasteiger partial charge is 0.497 e. The molecule has 46 heavy (non-hydrogen) atoms. The molecular formula is C34H47FN6O5. The molecule has 3 atom stereocenters. The van der Waals surface area contributed by atoms with Gasteiger partial charge in [-0.15, -0.1) is 0 Å². The molecule has 2 aromatic carbocycles. The van der Waals surface area contributed by atoms with E-state index >= 15 is 0 Å². The van der Waals surface area contributed by atoms with Gasteiger partial charge in [0.25, 0.3) is 0 Å². The van der Waals surface area contributed by atoms with E-state index in [4.69, 9.17) is 4.74 Å². The van der Waals surface area contributed by atoms with Crippen LogP contribution in [0.1, 0.15) is 43.9 Å². The van der Waals surface area contributed by atoms with Crippen LogP contribution < -0.4 is 15.4 Å². The van der Waals surface area contributed by atoms with Gasteiger partial charge in [0.05, 0.1) is 26.2 Å². The Morgan fingerprint density at radius 2 is 1.74 bits per heavy atom. The van der Waals surface area contributed by atoms with Gasteiger partial charge >= 0.3 is 0 Å². The quantitative estimate of drug-likeness (QED) is 0.221. The van der Waals surface area contributed by atoms with Crippen molar-refractivity contribution in [1.29, 1.82) is 0 Å². The summed E-state index contributed by atoms with van der Waals surface area (Å²) in [6.45, 7) is 11.4. The lowest BCUT2D eigenvalue weighted by molar-refractivity contribution is -0.198. The Morgan fingerprint density at radius 3 is 2.26 bits per heavy atom. The minimum Gasteiger partial charge on any atom is -0.497 e. The molecule has 2 N–H and O–H groups in total. The fraction of sp³-hybridized carbons (Fsp3) is 0.412. The highest BCUT2D eigenvalue weighted by molar-refractivity contribution is 5.91. The molecule has 2 heterocycles. The number of amides is 4. The zero-order valence-electron chi connectivity index (χ0n) is 27.4. The van der Waals surface area contributed by atoms with Crippen LogP contribution in [0.4, 0.5) is 4.39 Å². The molecule has 4 amide bonds. The number of nitrogens with one attached hydrogen (secondary N) is 2. The molecule has 250 valence electrons. The standard InChI is InChI=1S/C21H28FN5O4.C9H13NO.C4H6/c1-14(16-6-8-17(22)9-7-16)25-11-19-26(13-28)24(3)12-20(30)27(19)18(21(25)31)5-4-10-23-15(2)29;1-10-7-8-3-5-9(11-2)6-4-8;1-3-4-2/h6-9,13-14,18-19H,4-5,10-12H2,1-3H3,(H,23,29);3-6,10H,7H2,1-2H3;3-4H,1-2H2/t14?,18-,19?;;/m0../s1. The molecule has 12 heteroatoms. The number of benzene rings is 2. The molecule has 0 spiro atoms. The molecule has 11 nitrogen and oxygen atoms in total. The Morgan fingerprint density at radius 1 is 1.11 bits per heavy atom. The van der Waals surface area contributed by atoms with Gasteiger partial charge in [0.1, 0.15) is 23.8 Å². The maximum absolute atomic E-state index is 13.5. The minimum absolute atomic E-state index is 0.00175. The molecule has 0 aliphatic carbocycles. The number of hydrogen-bond donors (Lipinski definition) is 2. The summed E-state index contributed by atoms with van der Waals surface area (Å²) < 4.78 is 18.4. The first-order chi connectivity index (χ1) is 22.0. The molecule has 2 fully saturated rings. The first kappa shape index (κ1) is 37.6. The SMILES string of the molecule is C=CC=C.CC(=O)NCCC[C@H]1C(=O)N(C(C)c2ccc(F)cc2)CC2N1C(=O)CN(C)N2C=O.CNCc1ccc(OC)cc1. The molecule has 0 aromatic heterocycles. The number of likely N-dealkylation sites (N-methyl/N-ethyl adjacent to an activating group) is 1. The zero-order valence-corrected chi connectivity index (χ0v) is 27.4. The number of carbonyl (C=O) groups excluding carboxylic acids is 4. The molecule has 0 radical (unpaired) electrons. The summed E-state index contributed by atoms with van der Waals surface area (Å²) in [5.74, 6) is -0.0705. The summed E-state index contributed by atoms with van der Waals surface area (Å²) >= 11 is 0. The van der Waals surface area contributed by atoms with E-state index in [-0.39, 0.29) is 42.7 Å². The molecule has 0 saturated carbocycles. The Bertz CT molecular complexity index is 1300. The number of allylic oxidation sites excluding steroid dienone is 2. The Kier molecular flexibility index (Phi) is 15.6.